The van der Waals surface area contributed by atoms with Crippen LogP contribution in [0.1, 0.15) is 12.5 Å². The standard InChI is InChI=1S/C10H9BrF2N2/c1-5-4-14-10(15-5)8-6(11)2-3-7(12)9(8)13/h2-3,5H,4H2,1H3,(H,14,15). The van der Waals surface area contributed by atoms with Crippen LogP contribution in [0.25, 0.3) is 0 Å². The number of nitrogens with zero attached hydrogens (tertiary/aromatic N) is 1. The molecule has 0 saturated heterocycles. The molecular formula is C10H9BrF2N2. The molecule has 1 atom stereocenters. The molecule has 0 aromatic heterocycles. The molecule has 0 aliphatic carbocycles. The zero-order valence-electron chi connectivity index (χ0n) is 8.02. The fourth-order valence-electron chi connectivity index (χ4n) is 1.45. The maximum Gasteiger partial charge on any atom is 0.170 e. The number of rotatable bonds is 1. The van der Waals surface area contributed by atoms with E-state index < -0.39 is 11.6 Å². The molecule has 2 rings (SSSR count). The molecule has 1 N–H and O–H groups in total. The number of nitrogens with one attached hydrogen (secondary N) is 1. The minimum absolute atomic E-state index is 0.162. The molecule has 1 aromatic carbocycles. The molecular weight excluding hydrogens is 266 g/mol. The van der Waals surface area contributed by atoms with Crippen molar-refractivity contribution in [3.05, 3.63) is 33.8 Å². The van der Waals surface area contributed by atoms with Gasteiger partial charge in [-0.05, 0) is 35.0 Å². The van der Waals surface area contributed by atoms with Crippen LogP contribution >= 0.6 is 15.9 Å². The summed E-state index contributed by atoms with van der Waals surface area (Å²) in [6.07, 6.45) is 0. The number of aliphatic imine (C=N–C) groups is 1. The number of halogens is 3. The summed E-state index contributed by atoms with van der Waals surface area (Å²) in [6, 6.07) is 2.72. The highest BCUT2D eigenvalue weighted by atomic mass is 79.9. The smallest absolute Gasteiger partial charge is 0.170 e. The summed E-state index contributed by atoms with van der Waals surface area (Å²) in [5, 5.41) is 2.99. The SMILES string of the molecule is CC1CN=C(c2c(Br)ccc(F)c2F)N1. The maximum atomic E-state index is 13.5. The van der Waals surface area contributed by atoms with Crippen molar-refractivity contribution in [1.29, 1.82) is 0 Å². The number of hydrogen-bond donors (Lipinski definition) is 1. The zero-order valence-corrected chi connectivity index (χ0v) is 9.61. The molecule has 1 aliphatic rings. The Morgan fingerprint density at radius 3 is 2.80 bits per heavy atom. The average molecular weight is 275 g/mol. The van der Waals surface area contributed by atoms with Crippen molar-refractivity contribution in [1.82, 2.24) is 5.32 Å². The van der Waals surface area contributed by atoms with E-state index in [0.29, 0.717) is 16.9 Å². The molecule has 15 heavy (non-hydrogen) atoms. The monoisotopic (exact) mass is 274 g/mol. The summed E-state index contributed by atoms with van der Waals surface area (Å²) >= 11 is 3.18. The molecule has 1 aliphatic heterocycles. The lowest BCUT2D eigenvalue weighted by Crippen LogP contribution is -2.28. The van der Waals surface area contributed by atoms with E-state index in [9.17, 15) is 8.78 Å². The summed E-state index contributed by atoms with van der Waals surface area (Å²) in [7, 11) is 0. The highest BCUT2D eigenvalue weighted by Gasteiger charge is 2.22. The fourth-order valence-corrected chi connectivity index (χ4v) is 1.94. The van der Waals surface area contributed by atoms with Crippen LogP contribution in [0.15, 0.2) is 21.6 Å². The largest absolute Gasteiger partial charge is 0.365 e. The lowest BCUT2D eigenvalue weighted by Gasteiger charge is -2.09. The molecule has 1 unspecified atom stereocenters. The van der Waals surface area contributed by atoms with Crippen LogP contribution in [-0.4, -0.2) is 18.4 Å². The Kier molecular flexibility index (Phi) is 2.73. The quantitative estimate of drug-likeness (QED) is 0.782. The Morgan fingerprint density at radius 1 is 1.47 bits per heavy atom. The van der Waals surface area contributed by atoms with Gasteiger partial charge in [0.2, 0.25) is 0 Å². The Labute approximate surface area is 94.5 Å². The van der Waals surface area contributed by atoms with Gasteiger partial charge in [-0.1, -0.05) is 0 Å². The molecule has 0 spiro atoms. The zero-order chi connectivity index (χ0) is 11.0. The first-order valence-electron chi connectivity index (χ1n) is 4.54. The van der Waals surface area contributed by atoms with Crippen molar-refractivity contribution >= 4 is 21.8 Å². The number of benzene rings is 1. The second-order valence-electron chi connectivity index (χ2n) is 3.45. The lowest BCUT2D eigenvalue weighted by atomic mass is 10.2. The maximum absolute atomic E-state index is 13.5. The summed E-state index contributed by atoms with van der Waals surface area (Å²) in [6.45, 7) is 2.51. The Balaban J connectivity index is 2.48. The molecule has 0 amide bonds. The highest BCUT2D eigenvalue weighted by Crippen LogP contribution is 2.23. The van der Waals surface area contributed by atoms with Gasteiger partial charge in [0.05, 0.1) is 12.1 Å². The number of amidine groups is 1. The summed E-state index contributed by atoms with van der Waals surface area (Å²) < 4.78 is 27.0. The molecule has 80 valence electrons. The first kappa shape index (κ1) is 10.5. The van der Waals surface area contributed by atoms with E-state index >= 15 is 0 Å². The van der Waals surface area contributed by atoms with Crippen LogP contribution in [0.5, 0.6) is 0 Å². The second-order valence-corrected chi connectivity index (χ2v) is 4.31. The van der Waals surface area contributed by atoms with E-state index in [4.69, 9.17) is 0 Å². The highest BCUT2D eigenvalue weighted by molar-refractivity contribution is 9.10. The van der Waals surface area contributed by atoms with Crippen molar-refractivity contribution in [3.8, 4) is 0 Å². The van der Waals surface area contributed by atoms with Crippen molar-refractivity contribution in [3.63, 3.8) is 0 Å². The molecule has 0 bridgehead atoms. The molecule has 0 radical (unpaired) electrons. The molecule has 0 fully saturated rings. The van der Waals surface area contributed by atoms with Gasteiger partial charge in [0, 0.05) is 10.5 Å². The lowest BCUT2D eigenvalue weighted by molar-refractivity contribution is 0.506. The average Bonchev–Trinajstić information content (AvgIpc) is 2.59. The summed E-state index contributed by atoms with van der Waals surface area (Å²) in [5.74, 6) is -1.33. The van der Waals surface area contributed by atoms with Gasteiger partial charge in [-0.25, -0.2) is 8.78 Å². The van der Waals surface area contributed by atoms with Crippen LogP contribution in [-0.2, 0) is 0 Å². The molecule has 0 saturated carbocycles. The Bertz CT molecular complexity index is 432. The van der Waals surface area contributed by atoms with Gasteiger partial charge >= 0.3 is 0 Å². The van der Waals surface area contributed by atoms with Gasteiger partial charge in [0.15, 0.2) is 11.6 Å². The van der Waals surface area contributed by atoms with Gasteiger partial charge in [0.25, 0.3) is 0 Å². The van der Waals surface area contributed by atoms with E-state index in [2.05, 4.69) is 26.2 Å². The summed E-state index contributed by atoms with van der Waals surface area (Å²) in [5.41, 5.74) is 0.166. The second kappa shape index (κ2) is 3.89. The Morgan fingerprint density at radius 2 is 2.20 bits per heavy atom. The van der Waals surface area contributed by atoms with E-state index in [0.717, 1.165) is 6.07 Å². The van der Waals surface area contributed by atoms with Crippen molar-refractivity contribution in [2.75, 3.05) is 6.54 Å². The van der Waals surface area contributed by atoms with Crippen LogP contribution < -0.4 is 5.32 Å². The third kappa shape index (κ3) is 1.88. The minimum Gasteiger partial charge on any atom is -0.365 e. The first-order chi connectivity index (χ1) is 7.09. The van der Waals surface area contributed by atoms with Gasteiger partial charge in [-0.3, -0.25) is 4.99 Å². The minimum atomic E-state index is -0.871. The van der Waals surface area contributed by atoms with Crippen LogP contribution in [0.2, 0.25) is 0 Å². The third-order valence-electron chi connectivity index (χ3n) is 2.19. The molecule has 1 heterocycles. The predicted molar refractivity (Wildman–Crippen MR) is 58.1 cm³/mol. The van der Waals surface area contributed by atoms with E-state index in [1.165, 1.54) is 6.07 Å². The van der Waals surface area contributed by atoms with E-state index in [1.54, 1.807) is 0 Å². The van der Waals surface area contributed by atoms with Gasteiger partial charge in [-0.2, -0.15) is 0 Å². The third-order valence-corrected chi connectivity index (χ3v) is 2.85. The van der Waals surface area contributed by atoms with Crippen molar-refractivity contribution in [2.45, 2.75) is 13.0 Å². The molecule has 1 aromatic rings. The van der Waals surface area contributed by atoms with Crippen LogP contribution in [0, 0.1) is 11.6 Å². The van der Waals surface area contributed by atoms with Crippen molar-refractivity contribution < 1.29 is 8.78 Å². The van der Waals surface area contributed by atoms with Crippen LogP contribution in [0.4, 0.5) is 8.78 Å². The first-order valence-corrected chi connectivity index (χ1v) is 5.33. The summed E-state index contributed by atoms with van der Waals surface area (Å²) in [4.78, 5) is 4.12. The topological polar surface area (TPSA) is 24.4 Å². The van der Waals surface area contributed by atoms with Gasteiger partial charge in [0.1, 0.15) is 5.84 Å². The van der Waals surface area contributed by atoms with Crippen LogP contribution in [0.3, 0.4) is 0 Å². The van der Waals surface area contributed by atoms with Gasteiger partial charge in [-0.15, -0.1) is 0 Å². The molecule has 5 heteroatoms. The predicted octanol–water partition coefficient (Wildman–Crippen LogP) is 2.47. The van der Waals surface area contributed by atoms with E-state index in [-0.39, 0.29) is 11.6 Å². The number of hydrogen-bond acceptors (Lipinski definition) is 2. The molecule has 2 nitrogen and oxygen atoms in total. The fraction of sp³-hybridized carbons (Fsp3) is 0.300. The van der Waals surface area contributed by atoms with Gasteiger partial charge < -0.3 is 5.32 Å². The Hall–Kier alpha value is -0.970. The normalized spacial score (nSPS) is 20.0. The van der Waals surface area contributed by atoms with E-state index in [1.807, 2.05) is 6.92 Å². The van der Waals surface area contributed by atoms with Crippen molar-refractivity contribution in [2.24, 2.45) is 4.99 Å².